The highest BCUT2D eigenvalue weighted by Crippen LogP contribution is 2.33. The predicted molar refractivity (Wildman–Crippen MR) is 214 cm³/mol. The number of carbonyl (C=O) groups excluding carboxylic acids is 6. The van der Waals surface area contributed by atoms with E-state index in [1.54, 1.807) is 42.7 Å². The van der Waals surface area contributed by atoms with Gasteiger partial charge in [0.15, 0.2) is 5.82 Å². The normalized spacial score (nSPS) is 15.2. The Labute approximate surface area is 336 Å². The first-order valence-corrected chi connectivity index (χ1v) is 19.4. The summed E-state index contributed by atoms with van der Waals surface area (Å²) in [5, 5.41) is 19.4. The Morgan fingerprint density at radius 3 is 2.39 bits per heavy atom. The summed E-state index contributed by atoms with van der Waals surface area (Å²) in [6, 6.07) is 16.8. The van der Waals surface area contributed by atoms with E-state index < -0.39 is 29.7 Å². The zero-order valence-corrected chi connectivity index (χ0v) is 32.2. The second kappa shape index (κ2) is 17.4. The highest BCUT2D eigenvalue weighted by atomic mass is 35.5. The molecule has 1 saturated heterocycles. The van der Waals surface area contributed by atoms with Crippen LogP contribution in [-0.4, -0.2) is 79.2 Å². The number of H-pyrrole nitrogens is 1. The zero-order chi connectivity index (χ0) is 40.1. The molecule has 17 heteroatoms. The number of carbonyl (C=O) groups is 6. The van der Waals surface area contributed by atoms with E-state index in [-0.39, 0.29) is 42.3 Å². The Morgan fingerprint density at radius 1 is 0.860 bits per heavy atom. The molecule has 2 aromatic heterocycles. The first kappa shape index (κ1) is 39.2. The van der Waals surface area contributed by atoms with Gasteiger partial charge in [-0.15, -0.1) is 0 Å². The number of hydrogen-bond donors (Lipinski definition) is 5. The number of nitrogens with zero attached hydrogens (tertiary/aromatic N) is 4. The van der Waals surface area contributed by atoms with E-state index in [0.29, 0.717) is 60.3 Å². The maximum atomic E-state index is 13.2. The number of amides is 6. The SMILES string of the molecule is O=C(CCCCCCC(=O)Nc1cc(-c2ccc3ncn(Cc4c(Cl)cccc4Cl)c3c2)[nH]n1)NCCNc1cccc2c1C(=O)N(C1CCC(=O)NC1=O)C2=O. The van der Waals surface area contributed by atoms with Crippen LogP contribution in [0.4, 0.5) is 11.5 Å². The summed E-state index contributed by atoms with van der Waals surface area (Å²) in [5.74, 6) is -2.14. The molecule has 5 aromatic rings. The zero-order valence-electron chi connectivity index (χ0n) is 30.7. The van der Waals surface area contributed by atoms with Crippen molar-refractivity contribution in [2.24, 2.45) is 0 Å². The van der Waals surface area contributed by atoms with E-state index in [4.69, 9.17) is 23.2 Å². The Balaban J connectivity index is 0.793. The minimum absolute atomic E-state index is 0.0407. The molecule has 0 saturated carbocycles. The van der Waals surface area contributed by atoms with Gasteiger partial charge >= 0.3 is 0 Å². The molecule has 2 aliphatic heterocycles. The lowest BCUT2D eigenvalue weighted by molar-refractivity contribution is -0.136. The van der Waals surface area contributed by atoms with Gasteiger partial charge in [-0.25, -0.2) is 4.98 Å². The molecule has 294 valence electrons. The van der Waals surface area contributed by atoms with Gasteiger partial charge in [0.25, 0.3) is 11.8 Å². The van der Waals surface area contributed by atoms with Gasteiger partial charge in [0, 0.05) is 65.3 Å². The number of halogens is 2. The minimum atomic E-state index is -1.05. The van der Waals surface area contributed by atoms with Crippen molar-refractivity contribution in [2.75, 3.05) is 23.7 Å². The third kappa shape index (κ3) is 8.84. The third-order valence-corrected chi connectivity index (χ3v) is 10.7. The quantitative estimate of drug-likeness (QED) is 0.0614. The second-order valence-corrected chi connectivity index (χ2v) is 14.7. The summed E-state index contributed by atoms with van der Waals surface area (Å²) in [6.45, 7) is 1.05. The van der Waals surface area contributed by atoms with Crippen molar-refractivity contribution < 1.29 is 28.8 Å². The maximum absolute atomic E-state index is 13.2. The summed E-state index contributed by atoms with van der Waals surface area (Å²) >= 11 is 12.8. The van der Waals surface area contributed by atoms with Crippen LogP contribution in [0.3, 0.4) is 0 Å². The molecule has 3 aromatic carbocycles. The fourth-order valence-electron chi connectivity index (χ4n) is 7.02. The molecule has 1 atom stereocenters. The van der Waals surface area contributed by atoms with Crippen molar-refractivity contribution in [1.29, 1.82) is 0 Å². The topological polar surface area (TPSA) is 200 Å². The van der Waals surface area contributed by atoms with Gasteiger partial charge in [0.1, 0.15) is 6.04 Å². The van der Waals surface area contributed by atoms with E-state index in [2.05, 4.69) is 36.4 Å². The molecule has 0 spiro atoms. The fourth-order valence-corrected chi connectivity index (χ4v) is 7.53. The van der Waals surface area contributed by atoms with E-state index >= 15 is 0 Å². The number of nitrogens with one attached hydrogen (secondary N) is 5. The van der Waals surface area contributed by atoms with Gasteiger partial charge in [-0.1, -0.05) is 54.2 Å². The third-order valence-electron chi connectivity index (χ3n) is 9.96. The van der Waals surface area contributed by atoms with E-state index in [9.17, 15) is 28.8 Å². The smallest absolute Gasteiger partial charge is 0.264 e. The second-order valence-electron chi connectivity index (χ2n) is 13.9. The first-order chi connectivity index (χ1) is 27.6. The van der Waals surface area contributed by atoms with Crippen LogP contribution >= 0.6 is 23.2 Å². The van der Waals surface area contributed by atoms with E-state index in [1.165, 1.54) is 6.07 Å². The van der Waals surface area contributed by atoms with Gasteiger partial charge < -0.3 is 20.5 Å². The van der Waals surface area contributed by atoms with E-state index in [1.807, 2.05) is 22.8 Å². The largest absolute Gasteiger partial charge is 0.383 e. The van der Waals surface area contributed by atoms with Crippen LogP contribution in [-0.2, 0) is 25.7 Å². The number of imidazole rings is 1. The first-order valence-electron chi connectivity index (χ1n) is 18.7. The number of fused-ring (bicyclic) bond motifs is 2. The molecule has 2 aliphatic rings. The van der Waals surface area contributed by atoms with Crippen LogP contribution < -0.4 is 21.3 Å². The van der Waals surface area contributed by atoms with Gasteiger partial charge in [0.05, 0.1) is 40.7 Å². The van der Waals surface area contributed by atoms with Crippen LogP contribution in [0, 0.1) is 0 Å². The molecular formula is C40H39Cl2N9O6. The molecule has 57 heavy (non-hydrogen) atoms. The number of imide groups is 2. The molecule has 4 heterocycles. The predicted octanol–water partition coefficient (Wildman–Crippen LogP) is 5.69. The summed E-state index contributed by atoms with van der Waals surface area (Å²) < 4.78 is 1.98. The van der Waals surface area contributed by atoms with Gasteiger partial charge in [0.2, 0.25) is 23.6 Å². The monoisotopic (exact) mass is 811 g/mol. The van der Waals surface area contributed by atoms with Gasteiger partial charge in [-0.2, -0.15) is 5.10 Å². The number of aromatic nitrogens is 4. The molecule has 0 aliphatic carbocycles. The van der Waals surface area contributed by atoms with Crippen LogP contribution in [0.15, 0.2) is 67.0 Å². The van der Waals surface area contributed by atoms with Gasteiger partial charge in [-0.3, -0.25) is 44.1 Å². The lowest BCUT2D eigenvalue weighted by Gasteiger charge is -2.27. The van der Waals surface area contributed by atoms with Crippen molar-refractivity contribution in [3.05, 3.63) is 93.7 Å². The van der Waals surface area contributed by atoms with Crippen molar-refractivity contribution >= 4 is 81.2 Å². The minimum Gasteiger partial charge on any atom is -0.383 e. The Bertz CT molecular complexity index is 2370. The Hall–Kier alpha value is -6.06. The lowest BCUT2D eigenvalue weighted by atomic mass is 10.0. The van der Waals surface area contributed by atoms with Crippen LogP contribution in [0.1, 0.15) is 77.6 Å². The van der Waals surface area contributed by atoms with E-state index in [0.717, 1.165) is 45.6 Å². The number of benzene rings is 3. The fraction of sp³-hybridized carbons (Fsp3) is 0.300. The Morgan fingerprint density at radius 2 is 1.61 bits per heavy atom. The number of unbranched alkanes of at least 4 members (excludes halogenated alkanes) is 3. The summed E-state index contributed by atoms with van der Waals surface area (Å²) in [6.07, 6.45) is 5.40. The van der Waals surface area contributed by atoms with Crippen molar-refractivity contribution in [2.45, 2.75) is 64.0 Å². The van der Waals surface area contributed by atoms with Crippen LogP contribution in [0.2, 0.25) is 10.0 Å². The standard InChI is InChI=1S/C40H39Cl2N9O6/c41-26-8-6-9-27(42)25(26)21-50-22-45-28-14-13-23(19-32(28)50)30-20-33(49-48-30)46-35(53)12-4-2-1-3-11-34(52)44-18-17-43-29-10-5-7-24-37(29)40(57)51(39(24)56)31-15-16-36(54)47-38(31)55/h5-10,13-14,19-20,22,31,43H,1-4,11-12,15-18,21H2,(H,44,52)(H,47,54,55)(H2,46,48,49,53). The number of aromatic amines is 1. The summed E-state index contributed by atoms with van der Waals surface area (Å²) in [5.41, 5.74) is 4.89. The van der Waals surface area contributed by atoms with Crippen LogP contribution in [0.25, 0.3) is 22.3 Å². The highest BCUT2D eigenvalue weighted by Gasteiger charge is 2.45. The molecular weight excluding hydrogens is 773 g/mol. The molecule has 6 amide bonds. The molecule has 0 radical (unpaired) electrons. The highest BCUT2D eigenvalue weighted by molar-refractivity contribution is 6.36. The molecule has 7 rings (SSSR count). The number of hydrogen-bond acceptors (Lipinski definition) is 9. The average molecular weight is 813 g/mol. The van der Waals surface area contributed by atoms with Crippen molar-refractivity contribution in [3.63, 3.8) is 0 Å². The summed E-state index contributed by atoms with van der Waals surface area (Å²) in [7, 11) is 0. The molecule has 1 fully saturated rings. The summed E-state index contributed by atoms with van der Waals surface area (Å²) in [4.78, 5) is 80.7. The average Bonchev–Trinajstić information content (AvgIpc) is 3.89. The van der Waals surface area contributed by atoms with Crippen molar-refractivity contribution in [3.8, 4) is 11.3 Å². The molecule has 5 N–H and O–H groups in total. The molecule has 0 bridgehead atoms. The molecule has 1 unspecified atom stereocenters. The number of anilines is 2. The van der Waals surface area contributed by atoms with Crippen molar-refractivity contribution in [1.82, 2.24) is 35.3 Å². The van der Waals surface area contributed by atoms with Crippen LogP contribution in [0.5, 0.6) is 0 Å². The lowest BCUT2D eigenvalue weighted by Crippen LogP contribution is -2.54. The Kier molecular flexibility index (Phi) is 12.0. The molecule has 15 nitrogen and oxygen atoms in total. The number of piperidine rings is 1. The van der Waals surface area contributed by atoms with Gasteiger partial charge in [-0.05, 0) is 55.7 Å². The maximum Gasteiger partial charge on any atom is 0.264 e. The number of rotatable bonds is 16.